The van der Waals surface area contributed by atoms with Gasteiger partial charge in [0.25, 0.3) is 0 Å². The first-order valence-electron chi connectivity index (χ1n) is 12.8. The molecule has 11 heteroatoms. The number of carbonyl (C=O) groups is 3. The summed E-state index contributed by atoms with van der Waals surface area (Å²) in [5.41, 5.74) is 0.660. The van der Waals surface area contributed by atoms with Crippen LogP contribution in [0.3, 0.4) is 0 Å². The van der Waals surface area contributed by atoms with Gasteiger partial charge < -0.3 is 29.7 Å². The van der Waals surface area contributed by atoms with E-state index in [2.05, 4.69) is 10.6 Å². The normalized spacial score (nSPS) is 13.4. The van der Waals surface area contributed by atoms with Crippen LogP contribution in [0.5, 0.6) is 11.5 Å². The molecule has 2 aromatic heterocycles. The molecule has 2 atom stereocenters. The van der Waals surface area contributed by atoms with Gasteiger partial charge in [-0.25, -0.2) is 4.79 Å². The summed E-state index contributed by atoms with van der Waals surface area (Å²) in [6.07, 6.45) is 2.07. The highest BCUT2D eigenvalue weighted by molar-refractivity contribution is 7.10. The predicted molar refractivity (Wildman–Crippen MR) is 150 cm³/mol. The molecule has 0 aliphatic carbocycles. The van der Waals surface area contributed by atoms with Crippen LogP contribution >= 0.6 is 22.7 Å². The molecule has 9 nitrogen and oxygen atoms in total. The summed E-state index contributed by atoms with van der Waals surface area (Å²) >= 11 is 3.19. The summed E-state index contributed by atoms with van der Waals surface area (Å²) in [6, 6.07) is 11.2. The predicted octanol–water partition coefficient (Wildman–Crippen LogP) is 5.23. The Morgan fingerprint density at radius 3 is 2.31 bits per heavy atom. The van der Waals surface area contributed by atoms with Crippen molar-refractivity contribution in [1.82, 2.24) is 15.5 Å². The van der Waals surface area contributed by atoms with Crippen molar-refractivity contribution in [3.8, 4) is 11.5 Å². The Labute approximate surface area is 236 Å². The van der Waals surface area contributed by atoms with E-state index in [0.717, 1.165) is 22.6 Å². The summed E-state index contributed by atoms with van der Waals surface area (Å²) in [5, 5.41) is 9.73. The lowest BCUT2D eigenvalue weighted by Gasteiger charge is -2.28. The molecule has 208 valence electrons. The van der Waals surface area contributed by atoms with Gasteiger partial charge in [0.1, 0.15) is 6.04 Å². The molecule has 4 rings (SSSR count). The van der Waals surface area contributed by atoms with Crippen LogP contribution in [0.1, 0.15) is 54.0 Å². The highest BCUT2D eigenvalue weighted by atomic mass is 32.1. The largest absolute Gasteiger partial charge is 0.469 e. The molecule has 3 amide bonds. The summed E-state index contributed by atoms with van der Waals surface area (Å²) in [6.45, 7) is 3.08. The van der Waals surface area contributed by atoms with Gasteiger partial charge in [-0.15, -0.1) is 22.7 Å². The maximum absolute atomic E-state index is 13.8. The van der Waals surface area contributed by atoms with Crippen molar-refractivity contribution in [2.45, 2.75) is 57.8 Å². The first kappa shape index (κ1) is 28.4. The summed E-state index contributed by atoms with van der Waals surface area (Å²) in [7, 11) is 1.30. The van der Waals surface area contributed by atoms with Crippen LogP contribution in [0.15, 0.2) is 53.2 Å². The maximum Gasteiger partial charge on any atom is 0.315 e. The minimum Gasteiger partial charge on any atom is -0.469 e. The summed E-state index contributed by atoms with van der Waals surface area (Å²) in [4.78, 5) is 43.2. The van der Waals surface area contributed by atoms with Crippen LogP contribution in [-0.4, -0.2) is 42.8 Å². The van der Waals surface area contributed by atoms with E-state index in [1.807, 2.05) is 41.9 Å². The van der Waals surface area contributed by atoms with E-state index >= 15 is 0 Å². The van der Waals surface area contributed by atoms with Crippen LogP contribution in [-0.2, 0) is 27.4 Å². The number of urea groups is 1. The van der Waals surface area contributed by atoms with E-state index in [0.29, 0.717) is 36.6 Å². The van der Waals surface area contributed by atoms with Crippen LogP contribution in [0.2, 0.25) is 0 Å². The fourth-order valence-corrected chi connectivity index (χ4v) is 5.71. The molecule has 0 spiro atoms. The average Bonchev–Trinajstić information content (AvgIpc) is 3.73. The summed E-state index contributed by atoms with van der Waals surface area (Å²) in [5.74, 6) is 0.517. The first-order chi connectivity index (χ1) is 19.0. The van der Waals surface area contributed by atoms with Gasteiger partial charge in [0, 0.05) is 9.75 Å². The second-order valence-electron chi connectivity index (χ2n) is 9.11. The molecule has 1 aliphatic rings. The van der Waals surface area contributed by atoms with Gasteiger partial charge in [0.05, 0.1) is 32.7 Å². The molecule has 3 heterocycles. The number of benzene rings is 1. The van der Waals surface area contributed by atoms with E-state index in [9.17, 15) is 14.4 Å². The number of fused-ring (bicyclic) bond motifs is 1. The average molecular weight is 572 g/mol. The van der Waals surface area contributed by atoms with Gasteiger partial charge in [-0.1, -0.05) is 38.0 Å². The van der Waals surface area contributed by atoms with Crippen molar-refractivity contribution in [3.05, 3.63) is 68.5 Å². The highest BCUT2D eigenvalue weighted by Crippen LogP contribution is 2.35. The lowest BCUT2D eigenvalue weighted by Crippen LogP contribution is -2.51. The topological polar surface area (TPSA) is 106 Å². The number of hydrogen-bond acceptors (Lipinski definition) is 8. The van der Waals surface area contributed by atoms with Crippen molar-refractivity contribution in [2.75, 3.05) is 13.9 Å². The number of nitrogens with one attached hydrogen (secondary N) is 2. The van der Waals surface area contributed by atoms with Gasteiger partial charge in [-0.05, 0) is 47.0 Å². The molecule has 39 heavy (non-hydrogen) atoms. The van der Waals surface area contributed by atoms with Crippen LogP contribution < -0.4 is 20.1 Å². The lowest BCUT2D eigenvalue weighted by atomic mass is 10.0. The number of methoxy groups -OCH3 is 1. The van der Waals surface area contributed by atoms with Crippen molar-refractivity contribution in [2.24, 2.45) is 0 Å². The third-order valence-corrected chi connectivity index (χ3v) is 8.04. The maximum atomic E-state index is 13.8. The van der Waals surface area contributed by atoms with Gasteiger partial charge >= 0.3 is 12.0 Å². The molecule has 0 saturated heterocycles. The van der Waals surface area contributed by atoms with E-state index in [-0.39, 0.29) is 19.1 Å². The first-order valence-corrected chi connectivity index (χ1v) is 14.6. The van der Waals surface area contributed by atoms with Crippen LogP contribution in [0, 0.1) is 0 Å². The number of amides is 3. The number of hydrogen-bond donors (Lipinski definition) is 2. The Morgan fingerprint density at radius 2 is 1.69 bits per heavy atom. The number of rotatable bonds is 13. The number of carbonyl (C=O) groups excluding carboxylic acids is 3. The van der Waals surface area contributed by atoms with Gasteiger partial charge in [-0.3, -0.25) is 9.59 Å². The molecule has 0 bridgehead atoms. The van der Waals surface area contributed by atoms with Crippen molar-refractivity contribution >= 4 is 40.6 Å². The molecule has 1 aromatic carbocycles. The molecular formula is C28H33N3O6S2. The summed E-state index contributed by atoms with van der Waals surface area (Å²) < 4.78 is 15.7. The van der Waals surface area contributed by atoms with E-state index < -0.39 is 24.1 Å². The number of nitrogens with zero attached hydrogens (tertiary/aromatic N) is 1. The fourth-order valence-electron chi connectivity index (χ4n) is 4.27. The molecule has 2 N–H and O–H groups in total. The second kappa shape index (κ2) is 14.0. The number of unbranched alkanes of at least 4 members (excludes halogenated alkanes) is 1. The number of ether oxygens (including phenoxy) is 3. The number of esters is 1. The zero-order valence-electron chi connectivity index (χ0n) is 22.0. The molecule has 0 radical (unpaired) electrons. The smallest absolute Gasteiger partial charge is 0.315 e. The van der Waals surface area contributed by atoms with Crippen LogP contribution in [0.4, 0.5) is 4.79 Å². The van der Waals surface area contributed by atoms with Gasteiger partial charge in [0.15, 0.2) is 11.5 Å². The van der Waals surface area contributed by atoms with Crippen molar-refractivity contribution in [3.63, 3.8) is 0 Å². The Morgan fingerprint density at radius 1 is 1.00 bits per heavy atom. The van der Waals surface area contributed by atoms with E-state index in [1.54, 1.807) is 45.8 Å². The molecule has 0 saturated carbocycles. The monoisotopic (exact) mass is 571 g/mol. The zero-order chi connectivity index (χ0) is 27.6. The fraction of sp³-hybridized carbons (Fsp3) is 0.393. The Hall–Kier alpha value is -3.57. The van der Waals surface area contributed by atoms with Gasteiger partial charge in [-0.2, -0.15) is 0 Å². The number of thiophene rings is 2. The molecule has 0 fully saturated rings. The van der Waals surface area contributed by atoms with E-state index in [4.69, 9.17) is 14.2 Å². The lowest BCUT2D eigenvalue weighted by molar-refractivity contribution is -0.141. The van der Waals surface area contributed by atoms with Crippen LogP contribution in [0.25, 0.3) is 0 Å². The quantitative estimate of drug-likeness (QED) is 0.272. The molecule has 2 unspecified atom stereocenters. The Balaban J connectivity index is 1.50. The third kappa shape index (κ3) is 7.96. The zero-order valence-corrected chi connectivity index (χ0v) is 23.6. The van der Waals surface area contributed by atoms with Crippen molar-refractivity contribution in [1.29, 1.82) is 0 Å². The van der Waals surface area contributed by atoms with Gasteiger partial charge in [0.2, 0.25) is 12.7 Å². The Bertz CT molecular complexity index is 1200. The Kier molecular flexibility index (Phi) is 10.2. The molecular weight excluding hydrogens is 538 g/mol. The molecule has 1 aliphatic heterocycles. The standard InChI is InChI=1S/C28H33N3O6S2/c1-3-4-9-22(27(33)31(16-20-7-5-12-38-20)17-21-8-6-13-39-21)29-28(34)30-23(15-26(32)35-2)19-10-11-24-25(14-19)37-18-36-24/h5-8,10-14,22-23H,3-4,9,15-18H2,1-2H3,(H2,29,30,34). The van der Waals surface area contributed by atoms with Crippen molar-refractivity contribution < 1.29 is 28.6 Å². The minimum absolute atomic E-state index is 0.0833. The minimum atomic E-state index is -0.722. The van der Waals surface area contributed by atoms with E-state index in [1.165, 1.54) is 7.11 Å². The highest BCUT2D eigenvalue weighted by Gasteiger charge is 2.28. The third-order valence-electron chi connectivity index (χ3n) is 6.32. The molecule has 3 aromatic rings. The SMILES string of the molecule is CCCCC(NC(=O)NC(CC(=O)OC)c1ccc2c(c1)OCO2)C(=O)N(Cc1cccs1)Cc1cccs1. The second-order valence-corrected chi connectivity index (χ2v) is 11.2.